The Balaban J connectivity index is 2.61. The van der Waals surface area contributed by atoms with E-state index < -0.39 is 17.8 Å². The molecule has 1 aromatic rings. The summed E-state index contributed by atoms with van der Waals surface area (Å²) in [4.78, 5) is 0.860. The Hall–Kier alpha value is -0.900. The summed E-state index contributed by atoms with van der Waals surface area (Å²) in [5.41, 5.74) is 0. The van der Waals surface area contributed by atoms with E-state index in [4.69, 9.17) is 0 Å². The molecule has 16 heavy (non-hydrogen) atoms. The minimum Gasteiger partial charge on any atom is -0.171 e. The van der Waals surface area contributed by atoms with E-state index in [1.54, 1.807) is 0 Å². The SMILES string of the molecule is C=CCC(CC(F)(F)F)Sc1ccccc1. The third-order valence-corrected chi connectivity index (χ3v) is 3.17. The van der Waals surface area contributed by atoms with Crippen LogP contribution < -0.4 is 0 Å². The zero-order chi connectivity index (χ0) is 12.0. The first-order chi connectivity index (χ1) is 7.51. The highest BCUT2D eigenvalue weighted by molar-refractivity contribution is 8.00. The van der Waals surface area contributed by atoms with Gasteiger partial charge in [-0.25, -0.2) is 0 Å². The van der Waals surface area contributed by atoms with Crippen LogP contribution in [0.25, 0.3) is 0 Å². The number of halogens is 3. The van der Waals surface area contributed by atoms with Crippen molar-refractivity contribution in [1.82, 2.24) is 0 Å². The van der Waals surface area contributed by atoms with Crippen molar-refractivity contribution in [2.45, 2.75) is 29.2 Å². The average molecular weight is 246 g/mol. The molecule has 1 rings (SSSR count). The van der Waals surface area contributed by atoms with E-state index in [1.165, 1.54) is 17.8 Å². The number of thioether (sulfide) groups is 1. The van der Waals surface area contributed by atoms with Gasteiger partial charge in [-0.15, -0.1) is 18.3 Å². The Morgan fingerprint density at radius 3 is 2.38 bits per heavy atom. The van der Waals surface area contributed by atoms with Crippen LogP contribution in [0, 0.1) is 0 Å². The largest absolute Gasteiger partial charge is 0.390 e. The fraction of sp³-hybridized carbons (Fsp3) is 0.333. The maximum atomic E-state index is 12.3. The highest BCUT2D eigenvalue weighted by atomic mass is 32.2. The first kappa shape index (κ1) is 13.2. The van der Waals surface area contributed by atoms with Gasteiger partial charge in [-0.05, 0) is 18.6 Å². The van der Waals surface area contributed by atoms with Crippen molar-refractivity contribution in [1.29, 1.82) is 0 Å². The van der Waals surface area contributed by atoms with Crippen molar-refractivity contribution in [2.75, 3.05) is 0 Å². The molecule has 0 saturated heterocycles. The second kappa shape index (κ2) is 5.99. The first-order valence-corrected chi connectivity index (χ1v) is 5.78. The molecule has 0 aliphatic rings. The maximum absolute atomic E-state index is 12.3. The number of alkyl halides is 3. The molecule has 0 nitrogen and oxygen atoms in total. The zero-order valence-electron chi connectivity index (χ0n) is 8.70. The molecule has 0 radical (unpaired) electrons. The number of allylic oxidation sites excluding steroid dienone is 1. The fourth-order valence-corrected chi connectivity index (χ4v) is 2.51. The second-order valence-corrected chi connectivity index (χ2v) is 4.77. The Bertz CT molecular complexity index is 319. The molecule has 88 valence electrons. The Morgan fingerprint density at radius 2 is 1.88 bits per heavy atom. The summed E-state index contributed by atoms with van der Waals surface area (Å²) in [6.45, 7) is 3.49. The van der Waals surface area contributed by atoms with Crippen LogP contribution in [0.15, 0.2) is 47.9 Å². The average Bonchev–Trinajstić information content (AvgIpc) is 2.17. The summed E-state index contributed by atoms with van der Waals surface area (Å²) < 4.78 is 36.9. The molecule has 0 aromatic heterocycles. The predicted octanol–water partition coefficient (Wildman–Crippen LogP) is 4.68. The van der Waals surface area contributed by atoms with Gasteiger partial charge >= 0.3 is 6.18 Å². The lowest BCUT2D eigenvalue weighted by Gasteiger charge is -2.16. The smallest absolute Gasteiger partial charge is 0.171 e. The molecule has 0 N–H and O–H groups in total. The molecule has 0 bridgehead atoms. The predicted molar refractivity (Wildman–Crippen MR) is 61.6 cm³/mol. The summed E-state index contributed by atoms with van der Waals surface area (Å²) in [6, 6.07) is 9.12. The third kappa shape index (κ3) is 5.26. The third-order valence-electron chi connectivity index (χ3n) is 1.93. The standard InChI is InChI=1S/C12H13F3S/c1-2-6-11(9-12(13,14)15)16-10-7-4-3-5-8-10/h2-5,7-8,11H,1,6,9H2. The van der Waals surface area contributed by atoms with Gasteiger partial charge in [0.05, 0.1) is 6.42 Å². The Labute approximate surface area is 97.6 Å². The van der Waals surface area contributed by atoms with Gasteiger partial charge in [0.15, 0.2) is 0 Å². The quantitative estimate of drug-likeness (QED) is 0.537. The molecule has 0 spiro atoms. The van der Waals surface area contributed by atoms with Gasteiger partial charge in [-0.1, -0.05) is 24.3 Å². The molecular formula is C12H13F3S. The van der Waals surface area contributed by atoms with Crippen molar-refractivity contribution >= 4 is 11.8 Å². The van der Waals surface area contributed by atoms with Gasteiger partial charge in [0, 0.05) is 10.1 Å². The first-order valence-electron chi connectivity index (χ1n) is 4.90. The minimum atomic E-state index is -4.12. The lowest BCUT2D eigenvalue weighted by Crippen LogP contribution is -2.16. The van der Waals surface area contributed by atoms with Crippen molar-refractivity contribution in [3.63, 3.8) is 0 Å². The molecule has 1 aromatic carbocycles. The van der Waals surface area contributed by atoms with Crippen molar-refractivity contribution in [3.8, 4) is 0 Å². The van der Waals surface area contributed by atoms with Gasteiger partial charge in [0.25, 0.3) is 0 Å². The number of benzene rings is 1. The highest BCUT2D eigenvalue weighted by Gasteiger charge is 2.31. The second-order valence-electron chi connectivity index (χ2n) is 3.40. The highest BCUT2D eigenvalue weighted by Crippen LogP contribution is 2.34. The summed E-state index contributed by atoms with van der Waals surface area (Å²) in [7, 11) is 0. The van der Waals surface area contributed by atoms with Gasteiger partial charge in [0.1, 0.15) is 0 Å². The van der Waals surface area contributed by atoms with E-state index in [9.17, 15) is 13.2 Å². The van der Waals surface area contributed by atoms with Crippen molar-refractivity contribution < 1.29 is 13.2 Å². The number of hydrogen-bond donors (Lipinski definition) is 0. The van der Waals surface area contributed by atoms with Crippen molar-refractivity contribution in [3.05, 3.63) is 43.0 Å². The van der Waals surface area contributed by atoms with Crippen LogP contribution in [0.1, 0.15) is 12.8 Å². The molecule has 1 atom stereocenters. The van der Waals surface area contributed by atoms with Crippen LogP contribution in [0.5, 0.6) is 0 Å². The Morgan fingerprint density at radius 1 is 1.25 bits per heavy atom. The molecule has 0 saturated carbocycles. The fourth-order valence-electron chi connectivity index (χ4n) is 1.31. The normalized spacial score (nSPS) is 13.4. The summed E-state index contributed by atoms with van der Waals surface area (Å²) in [6.07, 6.45) is -3.00. The van der Waals surface area contributed by atoms with Crippen LogP contribution in [-0.4, -0.2) is 11.4 Å². The molecule has 4 heteroatoms. The van der Waals surface area contributed by atoms with E-state index in [0.29, 0.717) is 6.42 Å². The molecule has 0 fully saturated rings. The lowest BCUT2D eigenvalue weighted by molar-refractivity contribution is -0.134. The van der Waals surface area contributed by atoms with E-state index >= 15 is 0 Å². The van der Waals surface area contributed by atoms with E-state index in [1.807, 2.05) is 30.3 Å². The van der Waals surface area contributed by atoms with Gasteiger partial charge < -0.3 is 0 Å². The molecule has 0 aliphatic heterocycles. The topological polar surface area (TPSA) is 0 Å². The van der Waals surface area contributed by atoms with E-state index in [-0.39, 0.29) is 0 Å². The van der Waals surface area contributed by atoms with Crippen LogP contribution in [0.4, 0.5) is 13.2 Å². The summed E-state index contributed by atoms with van der Waals surface area (Å²) >= 11 is 1.25. The molecule has 1 unspecified atom stereocenters. The van der Waals surface area contributed by atoms with Gasteiger partial charge in [-0.2, -0.15) is 13.2 Å². The van der Waals surface area contributed by atoms with Gasteiger partial charge in [0.2, 0.25) is 0 Å². The maximum Gasteiger partial charge on any atom is 0.390 e. The molecule has 0 aliphatic carbocycles. The number of rotatable bonds is 5. The van der Waals surface area contributed by atoms with Crippen LogP contribution in [0.3, 0.4) is 0 Å². The number of hydrogen-bond acceptors (Lipinski definition) is 1. The summed E-state index contributed by atoms with van der Waals surface area (Å²) in [5.74, 6) is 0. The lowest BCUT2D eigenvalue weighted by atomic mass is 10.2. The molecular weight excluding hydrogens is 233 g/mol. The van der Waals surface area contributed by atoms with Crippen LogP contribution in [-0.2, 0) is 0 Å². The van der Waals surface area contributed by atoms with Crippen LogP contribution in [0.2, 0.25) is 0 Å². The van der Waals surface area contributed by atoms with Crippen LogP contribution >= 0.6 is 11.8 Å². The monoisotopic (exact) mass is 246 g/mol. The minimum absolute atomic E-state index is 0.360. The zero-order valence-corrected chi connectivity index (χ0v) is 9.52. The molecule has 0 amide bonds. The van der Waals surface area contributed by atoms with E-state index in [0.717, 1.165) is 4.90 Å². The Kier molecular flexibility index (Phi) is 4.93. The summed E-state index contributed by atoms with van der Waals surface area (Å²) in [5, 5.41) is -0.486. The van der Waals surface area contributed by atoms with E-state index in [2.05, 4.69) is 6.58 Å². The van der Waals surface area contributed by atoms with Gasteiger partial charge in [-0.3, -0.25) is 0 Å². The molecule has 0 heterocycles. The van der Waals surface area contributed by atoms with Crippen molar-refractivity contribution in [2.24, 2.45) is 0 Å².